The number of ether oxygens (including phenoxy) is 4. The molecule has 0 rings (SSSR count). The molecule has 0 saturated carbocycles. The molecule has 0 aliphatic carbocycles. The quantitative estimate of drug-likeness (QED) is 0.0222. The standard InChI is InChI=1S/C81H158O17P2/c1-7-9-11-13-15-17-19-21-22-23-24-25-26-27-29-33-41-47-53-59-65-80(85)97-76(69-92-79(84)64-58-52-46-40-34-30-31-37-43-49-55-61-73(3)4)71-95-99(87,88)93-67-75(82)68-94-100(89,90)96-72-77(98-81(86)66-60-54-48-42-36-35-38-44-50-56-62-74(5)6)70-91-78(83)63-57-51-45-39-32-28-20-18-16-14-12-10-8-2/h73-77,82H,7-72H2,1-6H3,(H,87,88)(H,89,90)/t75-,76-,77-/m1/s1. The van der Waals surface area contributed by atoms with Crippen molar-refractivity contribution in [1.29, 1.82) is 0 Å². The molecule has 0 aromatic rings. The normalized spacial score (nSPS) is 13.9. The molecule has 594 valence electrons. The van der Waals surface area contributed by atoms with Crippen LogP contribution in [0.15, 0.2) is 0 Å². The molecule has 19 heteroatoms. The van der Waals surface area contributed by atoms with Crippen LogP contribution >= 0.6 is 15.6 Å². The molecule has 0 bridgehead atoms. The van der Waals surface area contributed by atoms with E-state index in [9.17, 15) is 43.2 Å². The first kappa shape index (κ1) is 98.1. The lowest BCUT2D eigenvalue weighted by Crippen LogP contribution is -2.30. The Labute approximate surface area is 613 Å². The zero-order chi connectivity index (χ0) is 73.5. The fourth-order valence-electron chi connectivity index (χ4n) is 12.5. The Morgan fingerprint density at radius 1 is 0.270 bits per heavy atom. The molecular weight excluding hydrogens is 1310 g/mol. The summed E-state index contributed by atoms with van der Waals surface area (Å²) < 4.78 is 68.7. The van der Waals surface area contributed by atoms with Crippen molar-refractivity contribution < 1.29 is 80.2 Å². The van der Waals surface area contributed by atoms with Gasteiger partial charge in [0, 0.05) is 25.7 Å². The third-order valence-electron chi connectivity index (χ3n) is 19.0. The summed E-state index contributed by atoms with van der Waals surface area (Å²) in [6.45, 7) is 9.63. The van der Waals surface area contributed by atoms with Crippen LogP contribution in [0.4, 0.5) is 0 Å². The van der Waals surface area contributed by atoms with Crippen molar-refractivity contribution in [3.8, 4) is 0 Å². The second-order valence-electron chi connectivity index (χ2n) is 30.1. The summed E-state index contributed by atoms with van der Waals surface area (Å²) in [5, 5.41) is 10.6. The number of hydrogen-bond acceptors (Lipinski definition) is 15. The van der Waals surface area contributed by atoms with Crippen molar-refractivity contribution in [2.24, 2.45) is 11.8 Å². The summed E-state index contributed by atoms with van der Waals surface area (Å²) in [7, 11) is -9.92. The minimum Gasteiger partial charge on any atom is -0.462 e. The van der Waals surface area contributed by atoms with Crippen LogP contribution in [0.2, 0.25) is 0 Å². The van der Waals surface area contributed by atoms with Gasteiger partial charge in [-0.05, 0) is 37.5 Å². The van der Waals surface area contributed by atoms with Gasteiger partial charge < -0.3 is 33.8 Å². The van der Waals surface area contributed by atoms with Gasteiger partial charge in [0.1, 0.15) is 19.3 Å². The molecule has 0 saturated heterocycles. The van der Waals surface area contributed by atoms with E-state index < -0.39 is 97.5 Å². The summed E-state index contributed by atoms with van der Waals surface area (Å²) in [4.78, 5) is 73.0. The number of unbranched alkanes of at least 4 members (excludes halogenated alkanes) is 50. The average molecular weight is 1470 g/mol. The highest BCUT2D eigenvalue weighted by atomic mass is 31.2. The number of carbonyl (C=O) groups excluding carboxylic acids is 4. The first-order chi connectivity index (χ1) is 48.4. The van der Waals surface area contributed by atoms with E-state index in [0.717, 1.165) is 102 Å². The molecule has 0 heterocycles. The van der Waals surface area contributed by atoms with Crippen LogP contribution in [0, 0.1) is 11.8 Å². The van der Waals surface area contributed by atoms with E-state index in [1.807, 2.05) is 0 Å². The largest absolute Gasteiger partial charge is 0.472 e. The molecule has 0 aliphatic rings. The van der Waals surface area contributed by atoms with E-state index >= 15 is 0 Å². The molecule has 0 aromatic carbocycles. The summed E-state index contributed by atoms with van der Waals surface area (Å²) >= 11 is 0. The second kappa shape index (κ2) is 72.6. The molecular formula is C81H158O17P2. The topological polar surface area (TPSA) is 237 Å². The van der Waals surface area contributed by atoms with Crippen LogP contribution in [-0.2, 0) is 65.4 Å². The first-order valence-corrected chi connectivity index (χ1v) is 45.0. The average Bonchev–Trinajstić information content (AvgIpc) is 0.929. The molecule has 0 aliphatic heterocycles. The van der Waals surface area contributed by atoms with Crippen molar-refractivity contribution in [2.45, 2.75) is 445 Å². The number of esters is 4. The van der Waals surface area contributed by atoms with Gasteiger partial charge in [-0.3, -0.25) is 37.3 Å². The summed E-state index contributed by atoms with van der Waals surface area (Å²) in [6, 6.07) is 0. The molecule has 0 amide bonds. The van der Waals surface area contributed by atoms with Crippen LogP contribution in [-0.4, -0.2) is 96.7 Å². The number of hydrogen-bond donors (Lipinski definition) is 3. The van der Waals surface area contributed by atoms with Gasteiger partial charge in [-0.15, -0.1) is 0 Å². The van der Waals surface area contributed by atoms with Gasteiger partial charge in [0.15, 0.2) is 12.2 Å². The smallest absolute Gasteiger partial charge is 0.462 e. The predicted molar refractivity (Wildman–Crippen MR) is 409 cm³/mol. The zero-order valence-corrected chi connectivity index (χ0v) is 67.3. The highest BCUT2D eigenvalue weighted by molar-refractivity contribution is 7.47. The molecule has 3 N–H and O–H groups in total. The Balaban J connectivity index is 5.24. The van der Waals surface area contributed by atoms with Gasteiger partial charge in [-0.2, -0.15) is 0 Å². The van der Waals surface area contributed by atoms with Gasteiger partial charge in [0.2, 0.25) is 0 Å². The van der Waals surface area contributed by atoms with Crippen LogP contribution in [0.3, 0.4) is 0 Å². The molecule has 0 radical (unpaired) electrons. The van der Waals surface area contributed by atoms with E-state index in [0.29, 0.717) is 25.7 Å². The van der Waals surface area contributed by atoms with Crippen molar-refractivity contribution in [3.63, 3.8) is 0 Å². The predicted octanol–water partition coefficient (Wildman–Crippen LogP) is 24.3. The molecule has 100 heavy (non-hydrogen) atoms. The molecule has 17 nitrogen and oxygen atoms in total. The highest BCUT2D eigenvalue weighted by Gasteiger charge is 2.30. The molecule has 2 unspecified atom stereocenters. The molecule has 5 atom stereocenters. The maximum Gasteiger partial charge on any atom is 0.472 e. The van der Waals surface area contributed by atoms with Crippen molar-refractivity contribution in [3.05, 3.63) is 0 Å². The summed E-state index contributed by atoms with van der Waals surface area (Å²) in [5.41, 5.74) is 0. The second-order valence-corrected chi connectivity index (χ2v) is 33.0. The molecule has 0 fully saturated rings. The van der Waals surface area contributed by atoms with E-state index in [1.54, 1.807) is 0 Å². The third kappa shape index (κ3) is 74.3. The van der Waals surface area contributed by atoms with E-state index in [1.165, 1.54) is 244 Å². The number of carbonyl (C=O) groups is 4. The van der Waals surface area contributed by atoms with Crippen molar-refractivity contribution in [1.82, 2.24) is 0 Å². The Hall–Kier alpha value is -1.94. The number of phosphoric acid groups is 2. The lowest BCUT2D eigenvalue weighted by molar-refractivity contribution is -0.161. The fourth-order valence-corrected chi connectivity index (χ4v) is 14.1. The minimum atomic E-state index is -4.96. The van der Waals surface area contributed by atoms with E-state index in [4.69, 9.17) is 37.0 Å². The highest BCUT2D eigenvalue weighted by Crippen LogP contribution is 2.45. The Kier molecular flexibility index (Phi) is 71.2. The first-order valence-electron chi connectivity index (χ1n) is 42.0. The Morgan fingerprint density at radius 2 is 0.460 bits per heavy atom. The number of aliphatic hydroxyl groups is 1. The maximum absolute atomic E-state index is 13.1. The summed E-state index contributed by atoms with van der Waals surface area (Å²) in [6.07, 6.45) is 62.4. The third-order valence-corrected chi connectivity index (χ3v) is 20.9. The van der Waals surface area contributed by atoms with Crippen molar-refractivity contribution >= 4 is 39.5 Å². The Morgan fingerprint density at radius 3 is 0.680 bits per heavy atom. The van der Waals surface area contributed by atoms with Gasteiger partial charge in [0.05, 0.1) is 26.4 Å². The minimum absolute atomic E-state index is 0.107. The molecule has 0 spiro atoms. The number of rotatable bonds is 80. The van der Waals surface area contributed by atoms with Gasteiger partial charge in [-0.1, -0.05) is 375 Å². The monoisotopic (exact) mass is 1470 g/mol. The molecule has 0 aromatic heterocycles. The van der Waals surface area contributed by atoms with Crippen molar-refractivity contribution in [2.75, 3.05) is 39.6 Å². The van der Waals surface area contributed by atoms with Gasteiger partial charge in [0.25, 0.3) is 0 Å². The SMILES string of the molecule is CCCCCCCCCCCCCCCCCCCCCCC(=O)O[C@H](COC(=O)CCCCCCCCCCCCCC(C)C)COP(=O)(O)OC[C@@H](O)COP(=O)(O)OC[C@@H](COC(=O)CCCCCCCCCCCCCCC)OC(=O)CCCCCCCCCCCCC(C)C. The lowest BCUT2D eigenvalue weighted by Gasteiger charge is -2.21. The van der Waals surface area contributed by atoms with Crippen LogP contribution in [0.5, 0.6) is 0 Å². The maximum atomic E-state index is 13.1. The van der Waals surface area contributed by atoms with Gasteiger partial charge >= 0.3 is 39.5 Å². The zero-order valence-electron chi connectivity index (χ0n) is 65.5. The summed E-state index contributed by atoms with van der Waals surface area (Å²) in [5.74, 6) is -0.585. The lowest BCUT2D eigenvalue weighted by atomic mass is 10.0. The van der Waals surface area contributed by atoms with Crippen LogP contribution < -0.4 is 0 Å². The fraction of sp³-hybridized carbons (Fsp3) is 0.951. The van der Waals surface area contributed by atoms with E-state index in [2.05, 4.69) is 41.5 Å². The van der Waals surface area contributed by atoms with Gasteiger partial charge in [-0.25, -0.2) is 9.13 Å². The van der Waals surface area contributed by atoms with E-state index in [-0.39, 0.29) is 25.7 Å². The van der Waals surface area contributed by atoms with Crippen LogP contribution in [0.25, 0.3) is 0 Å². The number of aliphatic hydroxyl groups excluding tert-OH is 1. The number of phosphoric ester groups is 2. The Bertz CT molecular complexity index is 1920. The van der Waals surface area contributed by atoms with Crippen LogP contribution in [0.1, 0.15) is 427 Å².